The van der Waals surface area contributed by atoms with Gasteiger partial charge in [0.2, 0.25) is 0 Å². The van der Waals surface area contributed by atoms with E-state index in [4.69, 9.17) is 4.74 Å². The molecule has 2 aromatic rings. The second kappa shape index (κ2) is 6.92. The Balaban J connectivity index is 1.99. The van der Waals surface area contributed by atoms with Crippen molar-refractivity contribution < 1.29 is 9.13 Å². The molecule has 1 unspecified atom stereocenters. The molecule has 106 valence electrons. The second-order valence-corrected chi connectivity index (χ2v) is 5.88. The highest BCUT2D eigenvalue weighted by atomic mass is 127. The van der Waals surface area contributed by atoms with E-state index in [1.54, 1.807) is 13.2 Å². The molecule has 0 saturated carbocycles. The summed E-state index contributed by atoms with van der Waals surface area (Å²) in [5, 5.41) is 3.41. The fraction of sp³-hybridized carbons (Fsp3) is 0.250. The van der Waals surface area contributed by atoms with Crippen LogP contribution in [0.4, 0.5) is 10.1 Å². The Morgan fingerprint density at radius 1 is 1.20 bits per heavy atom. The smallest absolute Gasteiger partial charge is 0.124 e. The zero-order valence-electron chi connectivity index (χ0n) is 11.5. The van der Waals surface area contributed by atoms with Gasteiger partial charge < -0.3 is 10.1 Å². The number of rotatable bonds is 5. The molecule has 0 fully saturated rings. The van der Waals surface area contributed by atoms with Crippen molar-refractivity contribution in [2.45, 2.75) is 19.4 Å². The maximum atomic E-state index is 13.1. The van der Waals surface area contributed by atoms with Crippen LogP contribution in [0, 0.1) is 9.39 Å². The molecule has 0 radical (unpaired) electrons. The summed E-state index contributed by atoms with van der Waals surface area (Å²) in [6, 6.07) is 13.1. The van der Waals surface area contributed by atoms with Gasteiger partial charge in [0.15, 0.2) is 0 Å². The van der Waals surface area contributed by atoms with Crippen LogP contribution in [0.15, 0.2) is 42.5 Å². The highest BCUT2D eigenvalue weighted by Gasteiger charge is 2.07. The summed E-state index contributed by atoms with van der Waals surface area (Å²) < 4.78 is 19.1. The highest BCUT2D eigenvalue weighted by Crippen LogP contribution is 2.21. The van der Waals surface area contributed by atoms with Gasteiger partial charge in [-0.15, -0.1) is 0 Å². The SMILES string of the molecule is COc1ccc(CC(C)Nc2ccc(F)cc2I)cc1. The maximum absolute atomic E-state index is 13.1. The molecule has 2 nitrogen and oxygen atoms in total. The van der Waals surface area contributed by atoms with Gasteiger partial charge in [0.1, 0.15) is 11.6 Å². The van der Waals surface area contributed by atoms with E-state index in [9.17, 15) is 4.39 Å². The molecule has 20 heavy (non-hydrogen) atoms. The summed E-state index contributed by atoms with van der Waals surface area (Å²) >= 11 is 2.14. The Morgan fingerprint density at radius 2 is 1.90 bits per heavy atom. The van der Waals surface area contributed by atoms with Crippen molar-refractivity contribution in [1.82, 2.24) is 0 Å². The first kappa shape index (κ1) is 15.1. The van der Waals surface area contributed by atoms with Crippen LogP contribution in [-0.4, -0.2) is 13.2 Å². The Bertz CT molecular complexity index is 571. The number of ether oxygens (including phenoxy) is 1. The fourth-order valence-electron chi connectivity index (χ4n) is 2.04. The van der Waals surface area contributed by atoms with Crippen molar-refractivity contribution in [2.24, 2.45) is 0 Å². The van der Waals surface area contributed by atoms with Crippen LogP contribution in [0.3, 0.4) is 0 Å². The first-order valence-electron chi connectivity index (χ1n) is 6.43. The molecule has 2 rings (SSSR count). The van der Waals surface area contributed by atoms with E-state index in [-0.39, 0.29) is 11.9 Å². The molecule has 0 aliphatic heterocycles. The topological polar surface area (TPSA) is 21.3 Å². The summed E-state index contributed by atoms with van der Waals surface area (Å²) in [5.41, 5.74) is 2.20. The molecule has 0 saturated heterocycles. The first-order chi connectivity index (χ1) is 9.58. The molecule has 0 aromatic heterocycles. The van der Waals surface area contributed by atoms with E-state index in [0.29, 0.717) is 0 Å². The van der Waals surface area contributed by atoms with E-state index in [1.807, 2.05) is 12.1 Å². The Hall–Kier alpha value is -1.30. The number of benzene rings is 2. The van der Waals surface area contributed by atoms with Gasteiger partial charge in [0, 0.05) is 15.3 Å². The summed E-state index contributed by atoms with van der Waals surface area (Å²) in [4.78, 5) is 0. The van der Waals surface area contributed by atoms with Crippen molar-refractivity contribution >= 4 is 28.3 Å². The summed E-state index contributed by atoms with van der Waals surface area (Å²) in [6.07, 6.45) is 0.900. The van der Waals surface area contributed by atoms with Crippen LogP contribution in [0.25, 0.3) is 0 Å². The lowest BCUT2D eigenvalue weighted by atomic mass is 10.1. The van der Waals surface area contributed by atoms with Crippen LogP contribution in [0.1, 0.15) is 12.5 Å². The minimum atomic E-state index is -0.206. The molecule has 0 spiro atoms. The third-order valence-electron chi connectivity index (χ3n) is 3.03. The van der Waals surface area contributed by atoms with Crippen molar-refractivity contribution in [2.75, 3.05) is 12.4 Å². The molecular formula is C16H17FINO. The van der Waals surface area contributed by atoms with Crippen LogP contribution < -0.4 is 10.1 Å². The van der Waals surface area contributed by atoms with Crippen molar-refractivity contribution in [3.8, 4) is 5.75 Å². The van der Waals surface area contributed by atoms with E-state index in [0.717, 1.165) is 21.4 Å². The van der Waals surface area contributed by atoms with Crippen LogP contribution in [-0.2, 0) is 6.42 Å². The zero-order valence-corrected chi connectivity index (χ0v) is 13.6. The summed E-state index contributed by atoms with van der Waals surface area (Å²) in [6.45, 7) is 2.11. The molecule has 2 aromatic carbocycles. The van der Waals surface area contributed by atoms with Gasteiger partial charge in [-0.25, -0.2) is 4.39 Å². The zero-order chi connectivity index (χ0) is 14.5. The number of hydrogen-bond acceptors (Lipinski definition) is 2. The summed E-state index contributed by atoms with van der Waals surface area (Å²) in [5.74, 6) is 0.658. The molecule has 0 bridgehead atoms. The van der Waals surface area contributed by atoms with Gasteiger partial charge in [-0.05, 0) is 71.8 Å². The van der Waals surface area contributed by atoms with Crippen LogP contribution in [0.2, 0.25) is 0 Å². The minimum absolute atomic E-state index is 0.206. The number of methoxy groups -OCH3 is 1. The Kier molecular flexibility index (Phi) is 5.23. The maximum Gasteiger partial charge on any atom is 0.124 e. The third-order valence-corrected chi connectivity index (χ3v) is 3.93. The standard InChI is InChI=1S/C16H17FINO/c1-11(9-12-3-6-14(20-2)7-4-12)19-16-8-5-13(17)10-15(16)18/h3-8,10-11,19H,9H2,1-2H3. The number of hydrogen-bond donors (Lipinski definition) is 1. The van der Waals surface area contributed by atoms with Crippen LogP contribution in [0.5, 0.6) is 5.75 Å². The van der Waals surface area contributed by atoms with Crippen molar-refractivity contribution in [1.29, 1.82) is 0 Å². The second-order valence-electron chi connectivity index (χ2n) is 4.72. The number of halogens is 2. The lowest BCUT2D eigenvalue weighted by Gasteiger charge is -2.17. The van der Waals surface area contributed by atoms with Gasteiger partial charge >= 0.3 is 0 Å². The number of nitrogens with one attached hydrogen (secondary N) is 1. The molecule has 1 N–H and O–H groups in total. The fourth-order valence-corrected chi connectivity index (χ4v) is 2.67. The minimum Gasteiger partial charge on any atom is -0.497 e. The lowest BCUT2D eigenvalue weighted by Crippen LogP contribution is -2.18. The van der Waals surface area contributed by atoms with Gasteiger partial charge in [-0.2, -0.15) is 0 Å². The molecule has 0 amide bonds. The molecular weight excluding hydrogens is 368 g/mol. The average molecular weight is 385 g/mol. The Morgan fingerprint density at radius 3 is 2.50 bits per heavy atom. The highest BCUT2D eigenvalue weighted by molar-refractivity contribution is 14.1. The van der Waals surface area contributed by atoms with Crippen molar-refractivity contribution in [3.05, 3.63) is 57.4 Å². The van der Waals surface area contributed by atoms with E-state index >= 15 is 0 Å². The monoisotopic (exact) mass is 385 g/mol. The van der Waals surface area contributed by atoms with Gasteiger partial charge in [0.25, 0.3) is 0 Å². The normalized spacial score (nSPS) is 12.0. The van der Waals surface area contributed by atoms with Gasteiger partial charge in [-0.3, -0.25) is 0 Å². The predicted molar refractivity (Wildman–Crippen MR) is 88.9 cm³/mol. The molecule has 4 heteroatoms. The largest absolute Gasteiger partial charge is 0.497 e. The van der Waals surface area contributed by atoms with E-state index < -0.39 is 0 Å². The summed E-state index contributed by atoms with van der Waals surface area (Å²) in [7, 11) is 1.66. The first-order valence-corrected chi connectivity index (χ1v) is 7.51. The molecule has 1 atom stereocenters. The molecule has 0 aliphatic carbocycles. The van der Waals surface area contributed by atoms with Gasteiger partial charge in [-0.1, -0.05) is 12.1 Å². The van der Waals surface area contributed by atoms with Gasteiger partial charge in [0.05, 0.1) is 7.11 Å². The predicted octanol–water partition coefficient (Wildman–Crippen LogP) is 4.48. The Labute approximate surface area is 132 Å². The van der Waals surface area contributed by atoms with E-state index in [2.05, 4.69) is 47.0 Å². The number of anilines is 1. The molecule has 0 aliphatic rings. The van der Waals surface area contributed by atoms with Crippen LogP contribution >= 0.6 is 22.6 Å². The van der Waals surface area contributed by atoms with E-state index in [1.165, 1.54) is 17.7 Å². The quantitative estimate of drug-likeness (QED) is 0.767. The molecule has 0 heterocycles. The average Bonchev–Trinajstić information content (AvgIpc) is 2.43. The van der Waals surface area contributed by atoms with Crippen molar-refractivity contribution in [3.63, 3.8) is 0 Å². The lowest BCUT2D eigenvalue weighted by molar-refractivity contribution is 0.414. The third kappa shape index (κ3) is 4.10.